The highest BCUT2D eigenvalue weighted by Gasteiger charge is 2.33. The lowest BCUT2D eigenvalue weighted by molar-refractivity contribution is -0.137. The molecule has 0 bridgehead atoms. The molecule has 0 fully saturated rings. The van der Waals surface area contributed by atoms with Crippen molar-refractivity contribution in [2.75, 3.05) is 10.6 Å². The summed E-state index contributed by atoms with van der Waals surface area (Å²) < 4.78 is 38.8. The SMILES string of the molecule is N#C/C(=C/Nc1cccc(O)c1)C(=O)Nc1ccccc1C(F)(F)F. The summed E-state index contributed by atoms with van der Waals surface area (Å²) in [7, 11) is 0. The average molecular weight is 347 g/mol. The number of hydrogen-bond donors (Lipinski definition) is 3. The van der Waals surface area contributed by atoms with Crippen LogP contribution in [0, 0.1) is 11.3 Å². The third-order valence-electron chi connectivity index (χ3n) is 3.08. The van der Waals surface area contributed by atoms with Crippen molar-refractivity contribution in [2.24, 2.45) is 0 Å². The molecule has 5 nitrogen and oxygen atoms in total. The molecule has 0 atom stereocenters. The number of rotatable bonds is 4. The van der Waals surface area contributed by atoms with Gasteiger partial charge in [-0.1, -0.05) is 18.2 Å². The number of benzene rings is 2. The summed E-state index contributed by atoms with van der Waals surface area (Å²) >= 11 is 0. The lowest BCUT2D eigenvalue weighted by Crippen LogP contribution is -2.18. The van der Waals surface area contributed by atoms with Crippen LogP contribution in [-0.4, -0.2) is 11.0 Å². The van der Waals surface area contributed by atoms with E-state index in [-0.39, 0.29) is 5.75 Å². The molecule has 128 valence electrons. The van der Waals surface area contributed by atoms with Crippen LogP contribution in [0.5, 0.6) is 5.75 Å². The van der Waals surface area contributed by atoms with Crippen LogP contribution < -0.4 is 10.6 Å². The molecule has 1 amide bonds. The van der Waals surface area contributed by atoms with Crippen LogP contribution in [-0.2, 0) is 11.0 Å². The topological polar surface area (TPSA) is 85.2 Å². The fraction of sp³-hybridized carbons (Fsp3) is 0.0588. The minimum Gasteiger partial charge on any atom is -0.508 e. The highest BCUT2D eigenvalue weighted by atomic mass is 19.4. The maximum absolute atomic E-state index is 12.9. The predicted molar refractivity (Wildman–Crippen MR) is 85.5 cm³/mol. The van der Waals surface area contributed by atoms with E-state index >= 15 is 0 Å². The van der Waals surface area contributed by atoms with Gasteiger partial charge in [-0.15, -0.1) is 0 Å². The van der Waals surface area contributed by atoms with Gasteiger partial charge in [-0.3, -0.25) is 4.79 Å². The van der Waals surface area contributed by atoms with Gasteiger partial charge in [-0.25, -0.2) is 0 Å². The zero-order valence-corrected chi connectivity index (χ0v) is 12.6. The normalized spacial score (nSPS) is 11.5. The van der Waals surface area contributed by atoms with Crippen LogP contribution in [0.2, 0.25) is 0 Å². The summed E-state index contributed by atoms with van der Waals surface area (Å²) in [6.45, 7) is 0. The third-order valence-corrected chi connectivity index (χ3v) is 3.08. The molecule has 2 aromatic carbocycles. The second-order valence-corrected chi connectivity index (χ2v) is 4.86. The van der Waals surface area contributed by atoms with E-state index in [1.54, 1.807) is 12.1 Å². The van der Waals surface area contributed by atoms with Crippen LogP contribution in [0.25, 0.3) is 0 Å². The number of amides is 1. The number of carbonyl (C=O) groups is 1. The van der Waals surface area contributed by atoms with E-state index in [4.69, 9.17) is 5.26 Å². The van der Waals surface area contributed by atoms with Gasteiger partial charge in [0.1, 0.15) is 17.4 Å². The summed E-state index contributed by atoms with van der Waals surface area (Å²) in [5.74, 6) is -1.02. The van der Waals surface area contributed by atoms with E-state index < -0.39 is 28.9 Å². The van der Waals surface area contributed by atoms with Gasteiger partial charge in [0.15, 0.2) is 0 Å². The molecule has 0 aliphatic rings. The Hall–Kier alpha value is -3.47. The molecule has 0 aliphatic carbocycles. The minimum atomic E-state index is -4.64. The minimum absolute atomic E-state index is 0.0273. The van der Waals surface area contributed by atoms with Crippen molar-refractivity contribution in [1.29, 1.82) is 5.26 Å². The highest BCUT2D eigenvalue weighted by Crippen LogP contribution is 2.34. The van der Waals surface area contributed by atoms with Crippen molar-refractivity contribution in [3.8, 4) is 11.8 Å². The van der Waals surface area contributed by atoms with Crippen LogP contribution in [0.4, 0.5) is 24.5 Å². The fourth-order valence-electron chi connectivity index (χ4n) is 1.93. The first-order valence-electron chi connectivity index (χ1n) is 6.94. The van der Waals surface area contributed by atoms with Gasteiger partial charge >= 0.3 is 6.18 Å². The van der Waals surface area contributed by atoms with Crippen LogP contribution in [0.3, 0.4) is 0 Å². The smallest absolute Gasteiger partial charge is 0.418 e. The first-order chi connectivity index (χ1) is 11.8. The Kier molecular flexibility index (Phi) is 5.29. The number of alkyl halides is 3. The van der Waals surface area contributed by atoms with E-state index in [0.717, 1.165) is 18.3 Å². The standard InChI is InChI=1S/C17H12F3N3O2/c18-17(19,20)14-6-1-2-7-15(14)23-16(25)11(9-21)10-22-12-4-3-5-13(24)8-12/h1-8,10,22,24H,(H,23,25)/b11-10-. The predicted octanol–water partition coefficient (Wildman–Crippen LogP) is 3.87. The largest absolute Gasteiger partial charge is 0.508 e. The van der Waals surface area contributed by atoms with Gasteiger partial charge in [0.2, 0.25) is 0 Å². The lowest BCUT2D eigenvalue weighted by atomic mass is 10.1. The first-order valence-corrected chi connectivity index (χ1v) is 6.94. The molecule has 0 radical (unpaired) electrons. The maximum Gasteiger partial charge on any atom is 0.418 e. The van der Waals surface area contributed by atoms with Gasteiger partial charge in [-0.05, 0) is 24.3 Å². The molecule has 0 spiro atoms. The van der Waals surface area contributed by atoms with Crippen molar-refractivity contribution < 1.29 is 23.1 Å². The van der Waals surface area contributed by atoms with Crippen LogP contribution in [0.15, 0.2) is 60.3 Å². The summed E-state index contributed by atoms with van der Waals surface area (Å²) in [4.78, 5) is 12.1. The molecule has 25 heavy (non-hydrogen) atoms. The van der Waals surface area contributed by atoms with Crippen molar-refractivity contribution >= 4 is 17.3 Å². The van der Waals surface area contributed by atoms with Gasteiger partial charge in [0, 0.05) is 18.0 Å². The molecular weight excluding hydrogens is 335 g/mol. The zero-order chi connectivity index (χ0) is 18.4. The van der Waals surface area contributed by atoms with Gasteiger partial charge < -0.3 is 15.7 Å². The Labute approximate surface area is 141 Å². The monoisotopic (exact) mass is 347 g/mol. The number of nitriles is 1. The molecule has 0 aliphatic heterocycles. The van der Waals surface area contributed by atoms with Gasteiger partial charge in [0.25, 0.3) is 5.91 Å². The van der Waals surface area contributed by atoms with Crippen molar-refractivity contribution in [1.82, 2.24) is 0 Å². The molecule has 2 aromatic rings. The number of phenolic OH excluding ortho intramolecular Hbond substituents is 1. The van der Waals surface area contributed by atoms with Crippen molar-refractivity contribution in [3.63, 3.8) is 0 Å². The Morgan fingerprint density at radius 3 is 2.52 bits per heavy atom. The number of nitrogens with zero attached hydrogens (tertiary/aromatic N) is 1. The molecule has 3 N–H and O–H groups in total. The number of carbonyl (C=O) groups excluding carboxylic acids is 1. The Morgan fingerprint density at radius 1 is 1.16 bits per heavy atom. The molecule has 0 saturated heterocycles. The maximum atomic E-state index is 12.9. The van der Waals surface area contributed by atoms with Crippen LogP contribution in [0.1, 0.15) is 5.56 Å². The number of anilines is 2. The van der Waals surface area contributed by atoms with Gasteiger partial charge in [0.05, 0.1) is 11.3 Å². The van der Waals surface area contributed by atoms with E-state index in [1.165, 1.54) is 30.3 Å². The number of nitrogens with one attached hydrogen (secondary N) is 2. The van der Waals surface area contributed by atoms with Crippen molar-refractivity contribution in [2.45, 2.75) is 6.18 Å². The summed E-state index contributed by atoms with van der Waals surface area (Å²) in [5, 5.41) is 23.1. The number of aromatic hydroxyl groups is 1. The van der Waals surface area contributed by atoms with E-state index in [9.17, 15) is 23.1 Å². The lowest BCUT2D eigenvalue weighted by Gasteiger charge is -2.13. The molecule has 8 heteroatoms. The number of hydrogen-bond acceptors (Lipinski definition) is 4. The average Bonchev–Trinajstić information content (AvgIpc) is 2.55. The molecule has 0 saturated carbocycles. The van der Waals surface area contributed by atoms with E-state index in [2.05, 4.69) is 10.6 Å². The second kappa shape index (κ2) is 7.40. The number of para-hydroxylation sites is 1. The van der Waals surface area contributed by atoms with Crippen molar-refractivity contribution in [3.05, 3.63) is 65.9 Å². The zero-order valence-electron chi connectivity index (χ0n) is 12.6. The first kappa shape index (κ1) is 17.9. The second-order valence-electron chi connectivity index (χ2n) is 4.86. The van der Waals surface area contributed by atoms with Crippen LogP contribution >= 0.6 is 0 Å². The number of halogens is 3. The third kappa shape index (κ3) is 4.75. The molecule has 0 unspecified atom stereocenters. The number of phenols is 1. The fourth-order valence-corrected chi connectivity index (χ4v) is 1.93. The summed E-state index contributed by atoms with van der Waals surface area (Å²) in [5.41, 5.74) is -1.49. The van der Waals surface area contributed by atoms with Gasteiger partial charge in [-0.2, -0.15) is 18.4 Å². The Morgan fingerprint density at radius 2 is 1.88 bits per heavy atom. The van der Waals surface area contributed by atoms with E-state index in [0.29, 0.717) is 5.69 Å². The summed E-state index contributed by atoms with van der Waals surface area (Å²) in [6, 6.07) is 12.0. The quantitative estimate of drug-likeness (QED) is 0.579. The Bertz CT molecular complexity index is 855. The molecule has 0 aromatic heterocycles. The highest BCUT2D eigenvalue weighted by molar-refractivity contribution is 6.07. The van der Waals surface area contributed by atoms with E-state index in [1.807, 2.05) is 0 Å². The Balaban J connectivity index is 2.19. The molecule has 0 heterocycles. The molecule has 2 rings (SSSR count). The molecular formula is C17H12F3N3O2. The summed E-state index contributed by atoms with van der Waals surface area (Å²) in [6.07, 6.45) is -3.60.